The lowest BCUT2D eigenvalue weighted by Crippen LogP contribution is -2.48. The molecule has 2 aliphatic carbocycles. The molecule has 0 radical (unpaired) electrons. The van der Waals surface area contributed by atoms with Crippen molar-refractivity contribution in [1.82, 2.24) is 18.5 Å². The lowest BCUT2D eigenvalue weighted by atomic mass is 9.81. The van der Waals surface area contributed by atoms with Crippen molar-refractivity contribution in [3.63, 3.8) is 0 Å². The Hall–Kier alpha value is -2.93. The number of methoxy groups -OCH3 is 1. The Morgan fingerprint density at radius 2 is 1.69 bits per heavy atom. The zero-order valence-electron chi connectivity index (χ0n) is 28.1. The number of nitrogens with one attached hydrogen (secondary N) is 1. The summed E-state index contributed by atoms with van der Waals surface area (Å²) in [5, 5.41) is 0.249. The number of amides is 1. The molecular weight excluding hydrogens is 649 g/mol. The number of fused-ring (bicyclic) bond motifs is 11. The van der Waals surface area contributed by atoms with E-state index in [0.29, 0.717) is 24.6 Å². The highest BCUT2D eigenvalue weighted by molar-refractivity contribution is 7.91. The van der Waals surface area contributed by atoms with Gasteiger partial charge in [-0.1, -0.05) is 25.3 Å². The van der Waals surface area contributed by atoms with Gasteiger partial charge >= 0.3 is 0 Å². The van der Waals surface area contributed by atoms with Crippen LogP contribution in [0.2, 0.25) is 0 Å². The standard InChI is InChI=1S/C36H46N4O6S2/c1-23(2)47(42,43)37-35(41)25-9-11-29-32(19-25)39-22-36(48(44,45)40-18-17-38-15-13-26(40)14-16-38)21-31(36)30-20-27(46-3)10-12-28(30)34(39)33(29)24-7-5-4-6-8-24/h9-12,19-20,23-24,26,31H,4-8,13-18,21-22H2,1-3H3,(H,37,41). The Kier molecular flexibility index (Phi) is 7.78. The van der Waals surface area contributed by atoms with Gasteiger partial charge < -0.3 is 14.2 Å². The number of ether oxygens (including phenoxy) is 1. The van der Waals surface area contributed by atoms with Crippen molar-refractivity contribution in [2.75, 3.05) is 33.3 Å². The summed E-state index contributed by atoms with van der Waals surface area (Å²) in [5.41, 5.74) is 5.32. The van der Waals surface area contributed by atoms with Gasteiger partial charge in [0.2, 0.25) is 20.0 Å². The van der Waals surface area contributed by atoms with Crippen molar-refractivity contribution in [3.05, 3.63) is 53.1 Å². The molecule has 2 unspecified atom stereocenters. The van der Waals surface area contributed by atoms with Gasteiger partial charge in [-0.2, -0.15) is 4.31 Å². The van der Waals surface area contributed by atoms with Crippen LogP contribution in [0.3, 0.4) is 0 Å². The first-order chi connectivity index (χ1) is 22.9. The van der Waals surface area contributed by atoms with Crippen molar-refractivity contribution in [3.8, 4) is 17.0 Å². The maximum absolute atomic E-state index is 15.1. The number of rotatable bonds is 7. The van der Waals surface area contributed by atoms with E-state index < -0.39 is 36.0 Å². The summed E-state index contributed by atoms with van der Waals surface area (Å²) in [7, 11) is -5.95. The molecule has 9 rings (SSSR count). The van der Waals surface area contributed by atoms with E-state index in [0.717, 1.165) is 85.9 Å². The van der Waals surface area contributed by atoms with Crippen LogP contribution in [-0.2, 0) is 26.6 Å². The fourth-order valence-electron chi connectivity index (χ4n) is 9.15. The first-order valence-corrected chi connectivity index (χ1v) is 20.6. The highest BCUT2D eigenvalue weighted by Gasteiger charge is 2.68. The van der Waals surface area contributed by atoms with E-state index in [1.165, 1.54) is 25.8 Å². The van der Waals surface area contributed by atoms with Crippen LogP contribution in [0.1, 0.15) is 98.5 Å². The number of hydrogen-bond donors (Lipinski definition) is 1. The van der Waals surface area contributed by atoms with Crippen LogP contribution in [0.5, 0.6) is 5.75 Å². The maximum atomic E-state index is 15.1. The number of hydrogen-bond acceptors (Lipinski definition) is 7. The van der Waals surface area contributed by atoms with E-state index in [4.69, 9.17) is 4.74 Å². The number of carbonyl (C=O) groups is 1. The van der Waals surface area contributed by atoms with Crippen molar-refractivity contribution < 1.29 is 26.4 Å². The zero-order chi connectivity index (χ0) is 33.6. The number of aromatic nitrogens is 1. The highest BCUT2D eigenvalue weighted by Crippen LogP contribution is 2.64. The molecule has 4 aliphatic heterocycles. The lowest BCUT2D eigenvalue weighted by Gasteiger charge is -2.34. The molecule has 2 atom stereocenters. The third-order valence-corrected chi connectivity index (χ3v) is 16.4. The molecule has 0 spiro atoms. The van der Waals surface area contributed by atoms with Crippen LogP contribution in [0.15, 0.2) is 36.4 Å². The molecule has 1 aromatic heterocycles. The second-order valence-corrected chi connectivity index (χ2v) is 19.4. The first-order valence-electron chi connectivity index (χ1n) is 17.6. The number of nitrogens with zero attached hydrogens (tertiary/aromatic N) is 3. The van der Waals surface area contributed by atoms with Crippen molar-refractivity contribution in [2.24, 2.45) is 0 Å². The SMILES string of the molecule is COc1ccc2c(c1)C1CC1(S(=O)(=O)N1CCN3CCC1CC3)Cn1c-2c(C2CCCCC2)c2ccc(C(=O)NS(=O)(=O)C(C)C)cc21. The number of benzene rings is 2. The zero-order valence-corrected chi connectivity index (χ0v) is 29.7. The van der Waals surface area contributed by atoms with E-state index in [9.17, 15) is 13.2 Å². The van der Waals surface area contributed by atoms with Crippen LogP contribution < -0.4 is 9.46 Å². The Morgan fingerprint density at radius 3 is 2.40 bits per heavy atom. The summed E-state index contributed by atoms with van der Waals surface area (Å²) in [6, 6.07) is 11.6. The largest absolute Gasteiger partial charge is 0.497 e. The minimum Gasteiger partial charge on any atom is -0.497 e. The summed E-state index contributed by atoms with van der Waals surface area (Å²) in [6.07, 6.45) is 7.79. The summed E-state index contributed by atoms with van der Waals surface area (Å²) >= 11 is 0. The van der Waals surface area contributed by atoms with E-state index in [2.05, 4.69) is 20.3 Å². The van der Waals surface area contributed by atoms with Gasteiger partial charge in [0.05, 0.1) is 18.1 Å². The molecule has 10 nitrogen and oxygen atoms in total. The van der Waals surface area contributed by atoms with Gasteiger partial charge in [0, 0.05) is 53.6 Å². The predicted molar refractivity (Wildman–Crippen MR) is 186 cm³/mol. The topological polar surface area (TPSA) is 118 Å². The molecule has 48 heavy (non-hydrogen) atoms. The van der Waals surface area contributed by atoms with E-state index in [1.54, 1.807) is 19.2 Å². The molecule has 6 aliphatic rings. The van der Waals surface area contributed by atoms with Gasteiger partial charge in [0.1, 0.15) is 10.5 Å². The van der Waals surface area contributed by atoms with Gasteiger partial charge in [0.15, 0.2) is 0 Å². The van der Waals surface area contributed by atoms with Crippen LogP contribution >= 0.6 is 0 Å². The van der Waals surface area contributed by atoms with Crippen LogP contribution in [0.25, 0.3) is 22.2 Å². The Balaban J connectivity index is 1.34. The summed E-state index contributed by atoms with van der Waals surface area (Å²) in [6.45, 7) is 6.47. The van der Waals surface area contributed by atoms with Gasteiger partial charge in [-0.15, -0.1) is 0 Å². The molecule has 5 heterocycles. The molecule has 12 heteroatoms. The fourth-order valence-corrected chi connectivity index (χ4v) is 12.3. The van der Waals surface area contributed by atoms with E-state index in [1.807, 2.05) is 22.5 Å². The fraction of sp³-hybridized carbons (Fsp3) is 0.583. The highest BCUT2D eigenvalue weighted by atomic mass is 32.2. The number of piperidine rings is 1. The normalized spacial score (nSPS) is 27.5. The molecular formula is C36H46N4O6S2. The Labute approximate surface area is 283 Å². The third kappa shape index (κ3) is 4.95. The molecule has 3 saturated heterocycles. The van der Waals surface area contributed by atoms with Gasteiger partial charge in [-0.05, 0) is 106 Å². The predicted octanol–water partition coefficient (Wildman–Crippen LogP) is 5.18. The Bertz CT molecular complexity index is 2010. The van der Waals surface area contributed by atoms with Crippen LogP contribution in [0.4, 0.5) is 0 Å². The quantitative estimate of drug-likeness (QED) is 0.362. The molecule has 2 bridgehead atoms. The number of sulfonamides is 2. The van der Waals surface area contributed by atoms with Crippen LogP contribution in [0, 0.1) is 0 Å². The van der Waals surface area contributed by atoms with Gasteiger partial charge in [-0.3, -0.25) is 4.79 Å². The smallest absolute Gasteiger partial charge is 0.264 e. The second-order valence-electron chi connectivity index (χ2n) is 14.9. The van der Waals surface area contributed by atoms with Crippen molar-refractivity contribution in [2.45, 2.75) is 99.6 Å². The van der Waals surface area contributed by atoms with Crippen LogP contribution in [-0.4, -0.2) is 85.8 Å². The molecule has 5 fully saturated rings. The molecule has 258 valence electrons. The Morgan fingerprint density at radius 1 is 0.938 bits per heavy atom. The van der Waals surface area contributed by atoms with E-state index in [-0.39, 0.29) is 24.1 Å². The van der Waals surface area contributed by atoms with Gasteiger partial charge in [0.25, 0.3) is 5.91 Å². The van der Waals surface area contributed by atoms with E-state index >= 15 is 8.42 Å². The summed E-state index contributed by atoms with van der Waals surface area (Å²) < 4.78 is 66.6. The van der Waals surface area contributed by atoms with Crippen molar-refractivity contribution in [1.29, 1.82) is 0 Å². The molecule has 3 aromatic rings. The minimum atomic E-state index is -3.84. The average Bonchev–Trinajstić information content (AvgIpc) is 3.84. The summed E-state index contributed by atoms with van der Waals surface area (Å²) in [4.78, 5) is 15.8. The molecule has 2 saturated carbocycles. The molecule has 2 aromatic carbocycles. The maximum Gasteiger partial charge on any atom is 0.264 e. The number of carbonyl (C=O) groups excluding carboxylic acids is 1. The summed E-state index contributed by atoms with van der Waals surface area (Å²) in [5.74, 6) is 0.138. The minimum absolute atomic E-state index is 0.00860. The first kappa shape index (κ1) is 32.3. The molecule has 1 amide bonds. The molecule has 1 N–H and O–H groups in total. The average molecular weight is 695 g/mol. The second kappa shape index (κ2) is 11.6. The lowest BCUT2D eigenvalue weighted by molar-refractivity contribution is 0.0981. The van der Waals surface area contributed by atoms with Crippen molar-refractivity contribution >= 4 is 36.9 Å². The van der Waals surface area contributed by atoms with Gasteiger partial charge in [-0.25, -0.2) is 21.6 Å². The monoisotopic (exact) mass is 694 g/mol. The third-order valence-electron chi connectivity index (χ3n) is 12.0.